The van der Waals surface area contributed by atoms with E-state index in [2.05, 4.69) is 10.0 Å². The van der Waals surface area contributed by atoms with Crippen LogP contribution in [-0.2, 0) is 24.6 Å². The molecule has 0 aromatic heterocycles. The summed E-state index contributed by atoms with van der Waals surface area (Å²) in [5.41, 5.74) is 0. The van der Waals surface area contributed by atoms with Crippen LogP contribution in [0, 0.1) is 0 Å². The molecule has 0 bridgehead atoms. The number of benzene rings is 1. The molecule has 1 aliphatic heterocycles. The third-order valence-electron chi connectivity index (χ3n) is 3.61. The van der Waals surface area contributed by atoms with E-state index in [9.17, 15) is 21.6 Å². The normalized spacial score (nSPS) is 22.3. The molecule has 0 saturated carbocycles. The minimum Gasteiger partial charge on any atom is -0.497 e. The largest absolute Gasteiger partial charge is 0.497 e. The van der Waals surface area contributed by atoms with Crippen molar-refractivity contribution in [3.8, 4) is 5.75 Å². The summed E-state index contributed by atoms with van der Waals surface area (Å²) < 4.78 is 60.7. The van der Waals surface area contributed by atoms with Gasteiger partial charge in [0.1, 0.15) is 5.75 Å². The molecule has 25 heavy (non-hydrogen) atoms. The summed E-state index contributed by atoms with van der Waals surface area (Å²) in [6.45, 7) is 1.72. The maximum atomic E-state index is 12.5. The fourth-order valence-electron chi connectivity index (χ4n) is 2.45. The van der Waals surface area contributed by atoms with Gasteiger partial charge in [-0.25, -0.2) is 26.4 Å². The van der Waals surface area contributed by atoms with Crippen LogP contribution in [0.5, 0.6) is 5.75 Å². The molecule has 0 spiro atoms. The molecule has 140 valence electrons. The van der Waals surface area contributed by atoms with Gasteiger partial charge in [0.25, 0.3) is 0 Å². The van der Waals surface area contributed by atoms with Gasteiger partial charge in [-0.05, 0) is 31.2 Å². The number of carbonyl (C=O) groups is 1. The lowest BCUT2D eigenvalue weighted by Crippen LogP contribution is -2.50. The predicted octanol–water partition coefficient (Wildman–Crippen LogP) is -0.115. The number of rotatable bonds is 6. The third-order valence-corrected chi connectivity index (χ3v) is 6.85. The van der Waals surface area contributed by atoms with Gasteiger partial charge in [0.05, 0.1) is 42.2 Å². The Kier molecular flexibility index (Phi) is 5.91. The second kappa shape index (κ2) is 7.58. The molecule has 1 saturated heterocycles. The molecule has 0 aliphatic carbocycles. The number of methoxy groups -OCH3 is 1. The highest BCUT2D eigenvalue weighted by atomic mass is 32.2. The van der Waals surface area contributed by atoms with E-state index >= 15 is 0 Å². The van der Waals surface area contributed by atoms with E-state index < -0.39 is 43.8 Å². The van der Waals surface area contributed by atoms with E-state index in [0.29, 0.717) is 5.75 Å². The first-order valence-electron chi connectivity index (χ1n) is 7.47. The molecule has 1 fully saturated rings. The van der Waals surface area contributed by atoms with Crippen molar-refractivity contribution in [3.05, 3.63) is 24.3 Å². The van der Waals surface area contributed by atoms with Crippen LogP contribution in [0.25, 0.3) is 0 Å². The number of carbonyl (C=O) groups excluding carboxylic acids is 1. The number of sulfone groups is 1. The Labute approximate surface area is 146 Å². The van der Waals surface area contributed by atoms with Crippen molar-refractivity contribution in [2.45, 2.75) is 23.9 Å². The summed E-state index contributed by atoms with van der Waals surface area (Å²) in [4.78, 5) is 11.5. The van der Waals surface area contributed by atoms with Crippen LogP contribution in [0.4, 0.5) is 4.79 Å². The second-order valence-electron chi connectivity index (χ2n) is 5.45. The molecular formula is C14H20N2O7S2. The third kappa shape index (κ3) is 5.06. The summed E-state index contributed by atoms with van der Waals surface area (Å²) in [6.07, 6.45) is -0.793. The van der Waals surface area contributed by atoms with Crippen molar-refractivity contribution in [1.82, 2.24) is 10.0 Å². The quantitative estimate of drug-likeness (QED) is 0.691. The molecule has 2 atom stereocenters. The number of amides is 1. The second-order valence-corrected chi connectivity index (χ2v) is 9.32. The average molecular weight is 392 g/mol. The maximum absolute atomic E-state index is 12.5. The summed E-state index contributed by atoms with van der Waals surface area (Å²) in [5.74, 6) is -0.273. The topological polar surface area (TPSA) is 128 Å². The highest BCUT2D eigenvalue weighted by Crippen LogP contribution is 2.19. The van der Waals surface area contributed by atoms with Crippen molar-refractivity contribution >= 4 is 26.0 Å². The zero-order valence-corrected chi connectivity index (χ0v) is 15.4. The summed E-state index contributed by atoms with van der Waals surface area (Å²) >= 11 is 0. The van der Waals surface area contributed by atoms with Crippen molar-refractivity contribution < 1.29 is 31.1 Å². The Hall–Kier alpha value is -1.85. The monoisotopic (exact) mass is 392 g/mol. The smallest absolute Gasteiger partial charge is 0.407 e. The highest BCUT2D eigenvalue weighted by molar-refractivity contribution is 7.92. The molecule has 9 nitrogen and oxygen atoms in total. The lowest BCUT2D eigenvalue weighted by atomic mass is 10.2. The van der Waals surface area contributed by atoms with Crippen LogP contribution >= 0.6 is 0 Å². The highest BCUT2D eigenvalue weighted by Gasteiger charge is 2.41. The fourth-order valence-corrected chi connectivity index (χ4v) is 5.70. The standard InChI is InChI=1S/C14H20N2O7S2/c1-3-23-14(17)15-12-8-24(18,19)9-13(12)16-25(20,21)11-6-4-10(22-2)5-7-11/h4-7,12-13,16H,3,8-9H2,1-2H3,(H,15,17)/t12-,13+/m1/s1. The Bertz CT molecular complexity index is 819. The van der Waals surface area contributed by atoms with E-state index in [0.717, 1.165) is 0 Å². The molecule has 1 amide bonds. The van der Waals surface area contributed by atoms with E-state index in [1.807, 2.05) is 0 Å². The van der Waals surface area contributed by atoms with Gasteiger partial charge in [0.15, 0.2) is 9.84 Å². The van der Waals surface area contributed by atoms with Crippen LogP contribution in [0.3, 0.4) is 0 Å². The summed E-state index contributed by atoms with van der Waals surface area (Å²) in [6, 6.07) is 3.76. The first-order valence-corrected chi connectivity index (χ1v) is 10.8. The van der Waals surface area contributed by atoms with Gasteiger partial charge in [-0.15, -0.1) is 0 Å². The minimum absolute atomic E-state index is 0.0347. The summed E-state index contributed by atoms with van der Waals surface area (Å²) in [7, 11) is -5.99. The number of sulfonamides is 1. The molecule has 1 aliphatic rings. The van der Waals surface area contributed by atoms with Gasteiger partial charge in [-0.1, -0.05) is 0 Å². The van der Waals surface area contributed by atoms with Crippen LogP contribution < -0.4 is 14.8 Å². The van der Waals surface area contributed by atoms with Crippen molar-refractivity contribution in [3.63, 3.8) is 0 Å². The van der Waals surface area contributed by atoms with Gasteiger partial charge in [0.2, 0.25) is 10.0 Å². The van der Waals surface area contributed by atoms with Gasteiger partial charge < -0.3 is 14.8 Å². The van der Waals surface area contributed by atoms with Crippen LogP contribution in [0.15, 0.2) is 29.2 Å². The van der Waals surface area contributed by atoms with Gasteiger partial charge in [-0.3, -0.25) is 0 Å². The minimum atomic E-state index is -3.96. The summed E-state index contributed by atoms with van der Waals surface area (Å²) in [5, 5.41) is 2.39. The number of hydrogen-bond donors (Lipinski definition) is 2. The van der Waals surface area contributed by atoms with Crippen molar-refractivity contribution in [1.29, 1.82) is 0 Å². The molecule has 2 rings (SSSR count). The molecule has 1 aromatic rings. The van der Waals surface area contributed by atoms with Crippen molar-refractivity contribution in [2.75, 3.05) is 25.2 Å². The first-order chi connectivity index (χ1) is 11.7. The Morgan fingerprint density at radius 3 is 2.36 bits per heavy atom. The molecule has 0 unspecified atom stereocenters. The molecule has 2 N–H and O–H groups in total. The number of hydrogen-bond acceptors (Lipinski definition) is 7. The van der Waals surface area contributed by atoms with Crippen molar-refractivity contribution in [2.24, 2.45) is 0 Å². The van der Waals surface area contributed by atoms with Crippen LogP contribution in [0.1, 0.15) is 6.92 Å². The van der Waals surface area contributed by atoms with Gasteiger partial charge in [-0.2, -0.15) is 0 Å². The van der Waals surface area contributed by atoms with Crippen LogP contribution in [-0.4, -0.2) is 60.2 Å². The van der Waals surface area contributed by atoms with Gasteiger partial charge >= 0.3 is 6.09 Å². The lowest BCUT2D eigenvalue weighted by molar-refractivity contribution is 0.148. The first kappa shape index (κ1) is 19.5. The lowest BCUT2D eigenvalue weighted by Gasteiger charge is -2.20. The van der Waals surface area contributed by atoms with E-state index in [1.165, 1.54) is 31.4 Å². The molecular weight excluding hydrogens is 372 g/mol. The molecule has 1 heterocycles. The van der Waals surface area contributed by atoms with Crippen LogP contribution in [0.2, 0.25) is 0 Å². The fraction of sp³-hybridized carbons (Fsp3) is 0.500. The zero-order valence-electron chi connectivity index (χ0n) is 13.8. The number of ether oxygens (including phenoxy) is 2. The zero-order chi connectivity index (χ0) is 18.7. The van der Waals surface area contributed by atoms with E-state index in [-0.39, 0.29) is 17.3 Å². The average Bonchev–Trinajstić information content (AvgIpc) is 2.80. The number of alkyl carbamates (subject to hydrolysis) is 1. The Morgan fingerprint density at radius 2 is 1.80 bits per heavy atom. The van der Waals surface area contributed by atoms with Gasteiger partial charge in [0, 0.05) is 0 Å². The molecule has 11 heteroatoms. The molecule has 1 aromatic carbocycles. The number of nitrogens with one attached hydrogen (secondary N) is 2. The van der Waals surface area contributed by atoms with E-state index in [4.69, 9.17) is 9.47 Å². The van der Waals surface area contributed by atoms with E-state index in [1.54, 1.807) is 6.92 Å². The SMILES string of the molecule is CCOC(=O)N[C@@H]1CS(=O)(=O)C[C@@H]1NS(=O)(=O)c1ccc(OC)cc1. The predicted molar refractivity (Wildman–Crippen MR) is 89.7 cm³/mol. The molecule has 0 radical (unpaired) electrons. The maximum Gasteiger partial charge on any atom is 0.407 e. The Balaban J connectivity index is 2.17. The Morgan fingerprint density at radius 1 is 1.20 bits per heavy atom.